The molecule has 2 bridgehead atoms. The predicted molar refractivity (Wildman–Crippen MR) is 226 cm³/mol. The average molecular weight is 789 g/mol. The van der Waals surface area contributed by atoms with Crippen molar-refractivity contribution in [1.29, 1.82) is 0 Å². The van der Waals surface area contributed by atoms with Crippen molar-refractivity contribution in [2.75, 3.05) is 26.4 Å². The second-order valence-corrected chi connectivity index (χ2v) is 18.7. The molecule has 1 saturated carbocycles. The molecule has 56 heavy (non-hydrogen) atoms. The van der Waals surface area contributed by atoms with E-state index in [0.717, 1.165) is 103 Å². The molecule has 0 saturated heterocycles. The number of unbranched alkanes of at least 4 members (excludes halogenated alkanes) is 12. The summed E-state index contributed by atoms with van der Waals surface area (Å²) in [6.45, 7) is 18.8. The Morgan fingerprint density at radius 1 is 0.339 bits per heavy atom. The maximum absolute atomic E-state index is 14.0. The van der Waals surface area contributed by atoms with Crippen molar-refractivity contribution < 1.29 is 38.1 Å². The lowest BCUT2D eigenvalue weighted by Crippen LogP contribution is -2.58. The van der Waals surface area contributed by atoms with Gasteiger partial charge in [-0.25, -0.2) is 0 Å². The van der Waals surface area contributed by atoms with E-state index in [9.17, 15) is 19.2 Å². The van der Waals surface area contributed by atoms with Crippen LogP contribution in [-0.4, -0.2) is 50.3 Å². The molecule has 0 spiro atoms. The van der Waals surface area contributed by atoms with Crippen molar-refractivity contribution in [3.05, 3.63) is 12.2 Å². The average Bonchev–Trinajstić information content (AvgIpc) is 3.14. The number of carbonyl (C=O) groups is 4. The fraction of sp³-hybridized carbons (Fsp3) is 0.875. The van der Waals surface area contributed by atoms with Gasteiger partial charge in [-0.15, -0.1) is 0 Å². The van der Waals surface area contributed by atoms with Crippen molar-refractivity contribution in [2.24, 2.45) is 59.2 Å². The molecular formula is C48H84O8. The summed E-state index contributed by atoms with van der Waals surface area (Å²) in [5, 5.41) is 0. The van der Waals surface area contributed by atoms with Gasteiger partial charge < -0.3 is 18.9 Å². The zero-order valence-corrected chi connectivity index (χ0v) is 37.2. The maximum atomic E-state index is 14.0. The standard InChI is InChI=1S/C48H84O8/c1-35(2)25-17-9-13-21-31-53-45(49)41-39-29-30-40(42(41)46(50)54-32-22-14-10-18-26-36(3)4)44(48(52)56-34-24-16-12-20-28-38(7)8)43(39)47(51)55-33-23-15-11-19-27-37(5)6/h29-30,35-44H,9-28,31-34H2,1-8H3. The molecule has 0 aliphatic heterocycles. The minimum Gasteiger partial charge on any atom is -0.465 e. The summed E-state index contributed by atoms with van der Waals surface area (Å²) in [5.41, 5.74) is 0. The van der Waals surface area contributed by atoms with Gasteiger partial charge in [-0.05, 0) is 49.4 Å². The molecule has 3 rings (SSSR count). The van der Waals surface area contributed by atoms with E-state index in [4.69, 9.17) is 18.9 Å². The number of allylic oxidation sites excluding steroid dienone is 2. The highest BCUT2D eigenvalue weighted by molar-refractivity contribution is 5.90. The molecule has 0 aromatic carbocycles. The number of carbonyl (C=O) groups excluding carboxylic acids is 4. The molecule has 4 atom stereocenters. The summed E-state index contributed by atoms with van der Waals surface area (Å²) in [7, 11) is 0. The zero-order valence-electron chi connectivity index (χ0n) is 37.2. The van der Waals surface area contributed by atoms with Crippen LogP contribution in [0.1, 0.15) is 184 Å². The van der Waals surface area contributed by atoms with Crippen molar-refractivity contribution in [3.8, 4) is 0 Å². The van der Waals surface area contributed by atoms with Crippen LogP contribution in [0.25, 0.3) is 0 Å². The summed E-state index contributed by atoms with van der Waals surface area (Å²) in [6.07, 6.45) is 24.1. The number of esters is 4. The first-order chi connectivity index (χ1) is 26.8. The number of fused-ring (bicyclic) bond motifs is 2. The summed E-state index contributed by atoms with van der Waals surface area (Å²) >= 11 is 0. The Hall–Kier alpha value is -2.38. The third-order valence-corrected chi connectivity index (χ3v) is 11.8. The first-order valence-corrected chi connectivity index (χ1v) is 23.2. The Balaban J connectivity index is 2.23. The van der Waals surface area contributed by atoms with Crippen molar-refractivity contribution >= 4 is 23.9 Å². The van der Waals surface area contributed by atoms with E-state index in [0.29, 0.717) is 23.7 Å². The molecule has 1 fully saturated rings. The van der Waals surface area contributed by atoms with Crippen LogP contribution in [0.5, 0.6) is 0 Å². The molecular weight excluding hydrogens is 705 g/mol. The van der Waals surface area contributed by atoms with Crippen LogP contribution in [0.15, 0.2) is 12.2 Å². The lowest BCUT2D eigenvalue weighted by atomic mass is 9.53. The van der Waals surface area contributed by atoms with E-state index in [2.05, 4.69) is 55.4 Å². The lowest BCUT2D eigenvalue weighted by Gasteiger charge is -2.49. The maximum Gasteiger partial charge on any atom is 0.310 e. The predicted octanol–water partition coefficient (Wildman–Crippen LogP) is 11.9. The Labute approximate surface area is 342 Å². The molecule has 0 N–H and O–H groups in total. The Kier molecular flexibility index (Phi) is 25.7. The second kappa shape index (κ2) is 28.9. The van der Waals surface area contributed by atoms with Crippen LogP contribution in [0.4, 0.5) is 0 Å². The van der Waals surface area contributed by atoms with Crippen LogP contribution in [0, 0.1) is 59.2 Å². The quantitative estimate of drug-likeness (QED) is 0.0287. The molecule has 0 aromatic rings. The van der Waals surface area contributed by atoms with E-state index < -0.39 is 59.4 Å². The largest absolute Gasteiger partial charge is 0.465 e. The van der Waals surface area contributed by atoms with Crippen molar-refractivity contribution in [3.63, 3.8) is 0 Å². The van der Waals surface area contributed by atoms with Crippen molar-refractivity contribution in [1.82, 2.24) is 0 Å². The van der Waals surface area contributed by atoms with Gasteiger partial charge in [0.05, 0.1) is 50.1 Å². The van der Waals surface area contributed by atoms with Crippen LogP contribution in [0.3, 0.4) is 0 Å². The monoisotopic (exact) mass is 789 g/mol. The Morgan fingerprint density at radius 3 is 0.732 bits per heavy atom. The Morgan fingerprint density at radius 2 is 0.536 bits per heavy atom. The molecule has 0 amide bonds. The number of rotatable bonds is 32. The van der Waals surface area contributed by atoms with Crippen LogP contribution in [-0.2, 0) is 38.1 Å². The third kappa shape index (κ3) is 19.4. The van der Waals surface area contributed by atoms with Gasteiger partial charge in [0.15, 0.2) is 0 Å². The molecule has 8 heteroatoms. The minimum absolute atomic E-state index is 0.255. The minimum atomic E-state index is -0.942. The third-order valence-electron chi connectivity index (χ3n) is 11.8. The number of hydrogen-bond donors (Lipinski definition) is 0. The SMILES string of the molecule is CC(C)CCCCCCOC(=O)C1C2C=CC(C1C(=O)OCCCCCCC(C)C)C(C(=O)OCCCCCCC(C)C)C2C(=O)OCCCCCCC(C)C. The highest BCUT2D eigenvalue weighted by Gasteiger charge is 2.62. The van der Waals surface area contributed by atoms with Gasteiger partial charge >= 0.3 is 23.9 Å². The summed E-state index contributed by atoms with van der Waals surface area (Å²) < 4.78 is 23.5. The Bertz CT molecular complexity index is 960. The zero-order chi connectivity index (χ0) is 41.3. The highest BCUT2D eigenvalue weighted by Crippen LogP contribution is 2.53. The summed E-state index contributed by atoms with van der Waals surface area (Å²) in [5.74, 6) is -4.58. The molecule has 4 unspecified atom stereocenters. The van der Waals surface area contributed by atoms with E-state index in [1.165, 1.54) is 25.7 Å². The van der Waals surface area contributed by atoms with Crippen molar-refractivity contribution in [2.45, 2.75) is 184 Å². The van der Waals surface area contributed by atoms with Gasteiger partial charge in [0.2, 0.25) is 0 Å². The molecule has 0 aromatic heterocycles. The topological polar surface area (TPSA) is 105 Å². The summed E-state index contributed by atoms with van der Waals surface area (Å²) in [6, 6.07) is 0. The fourth-order valence-electron chi connectivity index (χ4n) is 8.46. The lowest BCUT2D eigenvalue weighted by molar-refractivity contribution is -0.185. The van der Waals surface area contributed by atoms with E-state index in [-0.39, 0.29) is 26.4 Å². The summed E-state index contributed by atoms with van der Waals surface area (Å²) in [4.78, 5) is 56.2. The molecule has 3 aliphatic carbocycles. The van der Waals surface area contributed by atoms with E-state index >= 15 is 0 Å². The molecule has 324 valence electrons. The van der Waals surface area contributed by atoms with Gasteiger partial charge in [-0.1, -0.05) is 170 Å². The van der Waals surface area contributed by atoms with Crippen LogP contribution in [0.2, 0.25) is 0 Å². The smallest absolute Gasteiger partial charge is 0.310 e. The van der Waals surface area contributed by atoms with Gasteiger partial charge in [0.25, 0.3) is 0 Å². The molecule has 3 aliphatic rings. The first kappa shape index (κ1) is 49.8. The fourth-order valence-corrected chi connectivity index (χ4v) is 8.46. The van der Waals surface area contributed by atoms with Gasteiger partial charge in [-0.2, -0.15) is 0 Å². The highest BCUT2D eigenvalue weighted by atomic mass is 16.5. The second-order valence-electron chi connectivity index (χ2n) is 18.7. The molecule has 0 radical (unpaired) electrons. The van der Waals surface area contributed by atoms with Gasteiger partial charge in [-0.3, -0.25) is 19.2 Å². The van der Waals surface area contributed by atoms with Crippen LogP contribution < -0.4 is 0 Å². The van der Waals surface area contributed by atoms with Gasteiger partial charge in [0.1, 0.15) is 0 Å². The number of hydrogen-bond acceptors (Lipinski definition) is 8. The number of ether oxygens (including phenoxy) is 4. The van der Waals surface area contributed by atoms with Gasteiger partial charge in [0, 0.05) is 11.8 Å². The normalized spacial score (nSPS) is 21.6. The molecule has 8 nitrogen and oxygen atoms in total. The van der Waals surface area contributed by atoms with Crippen LogP contribution >= 0.6 is 0 Å². The first-order valence-electron chi connectivity index (χ1n) is 23.2. The molecule has 0 heterocycles. The van der Waals surface area contributed by atoms with E-state index in [1.54, 1.807) is 0 Å². The van der Waals surface area contributed by atoms with E-state index in [1.807, 2.05) is 12.2 Å².